The van der Waals surface area contributed by atoms with Gasteiger partial charge in [-0.15, -0.1) is 0 Å². The van der Waals surface area contributed by atoms with Crippen LogP contribution in [0, 0.1) is 6.92 Å². The van der Waals surface area contributed by atoms with Crippen LogP contribution in [0.25, 0.3) is 0 Å². The number of benzene rings is 1. The molecule has 0 aliphatic heterocycles. The highest BCUT2D eigenvalue weighted by atomic mass is 16.5. The quantitative estimate of drug-likeness (QED) is 0.461. The van der Waals surface area contributed by atoms with E-state index in [1.807, 2.05) is 19.2 Å². The zero-order chi connectivity index (χ0) is 21.0. The maximum Gasteiger partial charge on any atom is 0.179 e. The number of Topliss-reactive ketones (excluding diaryl/α,β-unsaturated/α-hetero) is 1. The van der Waals surface area contributed by atoms with Crippen LogP contribution in [0.5, 0.6) is 5.75 Å². The van der Waals surface area contributed by atoms with Gasteiger partial charge in [0.15, 0.2) is 5.78 Å². The number of methoxy groups -OCH3 is 1. The van der Waals surface area contributed by atoms with Gasteiger partial charge in [-0.25, -0.2) is 0 Å². The summed E-state index contributed by atoms with van der Waals surface area (Å²) in [7, 11) is 3.73. The van der Waals surface area contributed by atoms with E-state index in [1.165, 1.54) is 11.3 Å². The van der Waals surface area contributed by atoms with Crippen molar-refractivity contribution in [3.05, 3.63) is 52.8 Å². The predicted molar refractivity (Wildman–Crippen MR) is 119 cm³/mol. The van der Waals surface area contributed by atoms with E-state index in [0.717, 1.165) is 62.0 Å². The van der Waals surface area contributed by atoms with Gasteiger partial charge in [-0.3, -0.25) is 4.79 Å². The Morgan fingerprint density at radius 1 is 1.28 bits per heavy atom. The lowest BCUT2D eigenvalue weighted by Gasteiger charge is -2.22. The first kappa shape index (κ1) is 21.6. The molecule has 1 aliphatic carbocycles. The molecule has 0 amide bonds. The second kappa shape index (κ2) is 9.17. The Morgan fingerprint density at radius 2 is 2.07 bits per heavy atom. The molecule has 1 saturated carbocycles. The van der Waals surface area contributed by atoms with Crippen LogP contribution in [0.2, 0.25) is 0 Å². The van der Waals surface area contributed by atoms with E-state index in [0.29, 0.717) is 12.3 Å². The van der Waals surface area contributed by atoms with E-state index in [4.69, 9.17) is 10.5 Å². The largest absolute Gasteiger partial charge is 0.496 e. The van der Waals surface area contributed by atoms with E-state index in [1.54, 1.807) is 7.11 Å². The Bertz CT molecular complexity index is 855. The molecular formula is C25H36N2O2. The Balaban J connectivity index is 1.51. The number of hydrogen-bond acceptors (Lipinski definition) is 3. The van der Waals surface area contributed by atoms with E-state index < -0.39 is 0 Å². The molecule has 2 aromatic rings. The van der Waals surface area contributed by atoms with E-state index in [-0.39, 0.29) is 11.3 Å². The third-order valence-corrected chi connectivity index (χ3v) is 6.79. The maximum atomic E-state index is 12.8. The molecule has 29 heavy (non-hydrogen) atoms. The molecule has 2 N–H and O–H groups in total. The second-order valence-corrected chi connectivity index (χ2v) is 8.79. The summed E-state index contributed by atoms with van der Waals surface area (Å²) in [6.45, 7) is 4.24. The fraction of sp³-hybridized carbons (Fsp3) is 0.560. The highest BCUT2D eigenvalue weighted by Gasteiger charge is 2.36. The van der Waals surface area contributed by atoms with Crippen LogP contribution in [0.15, 0.2) is 30.3 Å². The van der Waals surface area contributed by atoms with Crippen LogP contribution in [-0.2, 0) is 13.5 Å². The number of aryl methyl sites for hydroxylation is 2. The summed E-state index contributed by atoms with van der Waals surface area (Å²) in [6, 6.07) is 10.5. The summed E-state index contributed by atoms with van der Waals surface area (Å²) >= 11 is 0. The minimum absolute atomic E-state index is 0.0288. The monoisotopic (exact) mass is 396 g/mol. The highest BCUT2D eigenvalue weighted by Crippen LogP contribution is 2.41. The molecule has 0 bridgehead atoms. The number of aromatic nitrogens is 1. The normalized spacial score (nSPS) is 21.5. The van der Waals surface area contributed by atoms with Crippen molar-refractivity contribution in [3.8, 4) is 5.75 Å². The van der Waals surface area contributed by atoms with Gasteiger partial charge in [0.25, 0.3) is 0 Å². The maximum absolute atomic E-state index is 12.8. The molecule has 4 heteroatoms. The van der Waals surface area contributed by atoms with Gasteiger partial charge in [0.1, 0.15) is 5.75 Å². The van der Waals surface area contributed by atoms with Crippen molar-refractivity contribution in [2.45, 2.75) is 76.7 Å². The predicted octanol–water partition coefficient (Wildman–Crippen LogP) is 5.31. The van der Waals surface area contributed by atoms with Gasteiger partial charge in [-0.05, 0) is 81.2 Å². The minimum atomic E-state index is -0.0288. The fourth-order valence-electron chi connectivity index (χ4n) is 4.79. The number of carbonyl (C=O) groups excluding carboxylic acids is 1. The third-order valence-electron chi connectivity index (χ3n) is 6.79. The van der Waals surface area contributed by atoms with Crippen LogP contribution < -0.4 is 10.5 Å². The van der Waals surface area contributed by atoms with Gasteiger partial charge in [0.05, 0.1) is 12.8 Å². The van der Waals surface area contributed by atoms with Crippen molar-refractivity contribution < 1.29 is 9.53 Å². The van der Waals surface area contributed by atoms with Crippen molar-refractivity contribution in [2.75, 3.05) is 7.11 Å². The number of unbranched alkanes of at least 4 members (excludes halogenated alkanes) is 1. The number of ether oxygens (including phenoxy) is 1. The fourth-order valence-corrected chi connectivity index (χ4v) is 4.79. The van der Waals surface area contributed by atoms with Crippen molar-refractivity contribution in [3.63, 3.8) is 0 Å². The van der Waals surface area contributed by atoms with Gasteiger partial charge in [-0.1, -0.05) is 19.1 Å². The number of nitrogens with two attached hydrogens (primary N) is 1. The lowest BCUT2D eigenvalue weighted by Crippen LogP contribution is -2.35. The van der Waals surface area contributed by atoms with E-state index in [9.17, 15) is 4.79 Å². The third kappa shape index (κ3) is 4.92. The molecule has 1 aromatic carbocycles. The van der Waals surface area contributed by atoms with Crippen molar-refractivity contribution >= 4 is 5.78 Å². The van der Waals surface area contributed by atoms with Gasteiger partial charge < -0.3 is 15.0 Å². The molecule has 0 radical (unpaired) electrons. The zero-order valence-electron chi connectivity index (χ0n) is 18.5. The topological polar surface area (TPSA) is 57.3 Å². The zero-order valence-corrected chi connectivity index (χ0v) is 18.5. The Kier molecular flexibility index (Phi) is 6.84. The molecule has 4 nitrogen and oxygen atoms in total. The number of hydrogen-bond donors (Lipinski definition) is 1. The van der Waals surface area contributed by atoms with Crippen LogP contribution in [0.4, 0.5) is 0 Å². The Hall–Kier alpha value is -2.07. The smallest absolute Gasteiger partial charge is 0.179 e. The summed E-state index contributed by atoms with van der Waals surface area (Å²) in [4.78, 5) is 12.8. The van der Waals surface area contributed by atoms with Gasteiger partial charge in [0, 0.05) is 30.6 Å². The Morgan fingerprint density at radius 3 is 2.72 bits per heavy atom. The first-order valence-corrected chi connectivity index (χ1v) is 11.0. The van der Waals surface area contributed by atoms with Crippen molar-refractivity contribution in [1.82, 2.24) is 4.57 Å². The summed E-state index contributed by atoms with van der Waals surface area (Å²) in [5, 5.41) is 0. The van der Waals surface area contributed by atoms with E-state index in [2.05, 4.69) is 36.6 Å². The summed E-state index contributed by atoms with van der Waals surface area (Å²) in [5.41, 5.74) is 11.0. The second-order valence-electron chi connectivity index (χ2n) is 8.79. The first-order chi connectivity index (χ1) is 13.9. The van der Waals surface area contributed by atoms with Gasteiger partial charge >= 0.3 is 0 Å². The summed E-state index contributed by atoms with van der Waals surface area (Å²) in [6.07, 6.45) is 7.77. The lowest BCUT2D eigenvalue weighted by molar-refractivity contribution is 0.0971. The Labute approximate surface area is 175 Å². The van der Waals surface area contributed by atoms with Crippen LogP contribution >= 0.6 is 0 Å². The molecule has 0 spiro atoms. The molecule has 0 saturated heterocycles. The standard InChI is InChI=1S/C25H36N2O2/c1-5-25(26)15-14-20(17-25)21-11-12-22(27(21)3)23(28)9-7-6-8-19-10-13-24(29-4)18(2)16-19/h10-13,16,20H,5-9,14-15,17,26H2,1-4H3/t20-,25+/m0/s1. The molecule has 3 rings (SSSR count). The highest BCUT2D eigenvalue weighted by molar-refractivity contribution is 5.94. The summed E-state index contributed by atoms with van der Waals surface area (Å²) in [5.74, 6) is 1.65. The lowest BCUT2D eigenvalue weighted by atomic mass is 9.93. The van der Waals surface area contributed by atoms with Crippen molar-refractivity contribution in [1.29, 1.82) is 0 Å². The minimum Gasteiger partial charge on any atom is -0.496 e. The van der Waals surface area contributed by atoms with Gasteiger partial charge in [-0.2, -0.15) is 0 Å². The molecular weight excluding hydrogens is 360 g/mol. The number of carbonyl (C=O) groups is 1. The van der Waals surface area contributed by atoms with E-state index >= 15 is 0 Å². The van der Waals surface area contributed by atoms with Crippen molar-refractivity contribution in [2.24, 2.45) is 12.8 Å². The van der Waals surface area contributed by atoms with Gasteiger partial charge in [0.2, 0.25) is 0 Å². The van der Waals surface area contributed by atoms with Crippen LogP contribution in [0.3, 0.4) is 0 Å². The average Bonchev–Trinajstić information content (AvgIpc) is 3.28. The number of ketones is 1. The summed E-state index contributed by atoms with van der Waals surface area (Å²) < 4.78 is 7.43. The molecule has 1 fully saturated rings. The molecule has 1 heterocycles. The number of rotatable bonds is 9. The van der Waals surface area contributed by atoms with Crippen LogP contribution in [-0.4, -0.2) is 23.0 Å². The molecule has 0 unspecified atom stereocenters. The first-order valence-electron chi connectivity index (χ1n) is 11.0. The van der Waals surface area contributed by atoms with Crippen LogP contribution in [0.1, 0.15) is 85.1 Å². The molecule has 1 aromatic heterocycles. The molecule has 1 aliphatic rings. The number of nitrogens with zero attached hydrogens (tertiary/aromatic N) is 1. The average molecular weight is 397 g/mol. The molecule has 158 valence electrons. The molecule has 2 atom stereocenters. The SMILES string of the molecule is CC[C@@]1(N)CC[C@H](c2ccc(C(=O)CCCCc3ccc(OC)c(C)c3)n2C)C1.